The lowest BCUT2D eigenvalue weighted by Gasteiger charge is -2.15. The Bertz CT molecular complexity index is 161. The largest absolute Gasteiger partial charge is 0.300 e. The smallest absolute Gasteiger partial charge is 0.132 e. The molecule has 0 saturated heterocycles. The van der Waals surface area contributed by atoms with Crippen LogP contribution in [0.3, 0.4) is 0 Å². The Morgan fingerprint density at radius 3 is 2.42 bits per heavy atom. The molecule has 0 radical (unpaired) electrons. The lowest BCUT2D eigenvalue weighted by atomic mass is 10.2. The Morgan fingerprint density at radius 1 is 1.42 bits per heavy atom. The molecule has 0 heterocycles. The molecule has 0 unspecified atom stereocenters. The van der Waals surface area contributed by atoms with E-state index < -0.39 is 8.07 Å². The van der Waals surface area contributed by atoms with E-state index >= 15 is 0 Å². The lowest BCUT2D eigenvalue weighted by Crippen LogP contribution is -2.22. The quantitative estimate of drug-likeness (QED) is 0.579. The van der Waals surface area contributed by atoms with Crippen LogP contribution in [0.1, 0.15) is 26.2 Å². The van der Waals surface area contributed by atoms with Gasteiger partial charge in [0, 0.05) is 12.8 Å². The van der Waals surface area contributed by atoms with Crippen LogP contribution in [0.4, 0.5) is 0 Å². The van der Waals surface area contributed by atoms with Crippen molar-refractivity contribution in [3.8, 4) is 0 Å². The van der Waals surface area contributed by atoms with Crippen molar-refractivity contribution in [1.29, 1.82) is 0 Å². The Labute approximate surface area is 76.9 Å². The molecule has 0 aliphatic rings. The fourth-order valence-corrected chi connectivity index (χ4v) is 2.09. The molecule has 0 N–H and O–H groups in total. The van der Waals surface area contributed by atoms with Gasteiger partial charge in [0.15, 0.2) is 0 Å². The highest BCUT2D eigenvalue weighted by Gasteiger charge is 2.16. The van der Waals surface area contributed by atoms with Crippen LogP contribution in [-0.4, -0.2) is 13.9 Å². The highest BCUT2D eigenvalue weighted by Crippen LogP contribution is 2.13. The summed E-state index contributed by atoms with van der Waals surface area (Å²) in [5.41, 5.74) is 2.06. The minimum atomic E-state index is -1.23. The van der Waals surface area contributed by atoms with E-state index in [4.69, 9.17) is 0 Å². The average molecular weight is 184 g/mol. The van der Waals surface area contributed by atoms with Crippen molar-refractivity contribution in [2.75, 3.05) is 0 Å². The summed E-state index contributed by atoms with van der Waals surface area (Å²) in [7, 11) is -1.23. The second kappa shape index (κ2) is 5.30. The van der Waals surface area contributed by atoms with Gasteiger partial charge in [-0.3, -0.25) is 4.79 Å². The van der Waals surface area contributed by atoms with E-state index in [9.17, 15) is 4.79 Å². The highest BCUT2D eigenvalue weighted by atomic mass is 28.3. The molecule has 0 aromatic carbocycles. The SMILES string of the molecule is C=C[Si](C)(C)CCC(=O)CCC. The molecule has 0 rings (SSSR count). The number of Topliss-reactive ketones (excluding diaryl/α,β-unsaturated/α-hetero) is 1. The first-order valence-electron chi connectivity index (χ1n) is 4.67. The molecule has 0 aliphatic carbocycles. The first kappa shape index (κ1) is 11.6. The van der Waals surface area contributed by atoms with E-state index in [1.807, 2.05) is 6.92 Å². The van der Waals surface area contributed by atoms with Crippen LogP contribution >= 0.6 is 0 Å². The minimum Gasteiger partial charge on any atom is -0.300 e. The molecular weight excluding hydrogens is 164 g/mol. The molecule has 0 aromatic rings. The van der Waals surface area contributed by atoms with Gasteiger partial charge in [-0.15, -0.1) is 12.3 Å². The summed E-state index contributed by atoms with van der Waals surface area (Å²) in [6.45, 7) is 10.4. The maximum Gasteiger partial charge on any atom is 0.132 e. The molecule has 0 aromatic heterocycles. The van der Waals surface area contributed by atoms with Gasteiger partial charge in [0.05, 0.1) is 8.07 Å². The molecule has 0 saturated carbocycles. The summed E-state index contributed by atoms with van der Waals surface area (Å²) in [5.74, 6) is 0.417. The van der Waals surface area contributed by atoms with E-state index in [0.717, 1.165) is 25.3 Å². The van der Waals surface area contributed by atoms with Gasteiger partial charge in [-0.2, -0.15) is 0 Å². The van der Waals surface area contributed by atoms with Crippen molar-refractivity contribution >= 4 is 13.9 Å². The van der Waals surface area contributed by atoms with Crippen molar-refractivity contribution in [3.05, 3.63) is 12.3 Å². The summed E-state index contributed by atoms with van der Waals surface area (Å²) < 4.78 is 0. The maximum atomic E-state index is 11.2. The fraction of sp³-hybridized carbons (Fsp3) is 0.700. The predicted molar refractivity (Wildman–Crippen MR) is 57.0 cm³/mol. The Morgan fingerprint density at radius 2 is 2.00 bits per heavy atom. The molecule has 0 fully saturated rings. The van der Waals surface area contributed by atoms with Crippen molar-refractivity contribution in [3.63, 3.8) is 0 Å². The molecule has 0 bridgehead atoms. The van der Waals surface area contributed by atoms with E-state index in [1.165, 1.54) is 0 Å². The monoisotopic (exact) mass is 184 g/mol. The molecule has 1 nitrogen and oxygen atoms in total. The Kier molecular flexibility index (Phi) is 5.14. The van der Waals surface area contributed by atoms with Crippen LogP contribution in [-0.2, 0) is 4.79 Å². The zero-order valence-electron chi connectivity index (χ0n) is 8.52. The number of carbonyl (C=O) groups is 1. The van der Waals surface area contributed by atoms with E-state index in [-0.39, 0.29) is 0 Å². The van der Waals surface area contributed by atoms with Gasteiger partial charge in [0.25, 0.3) is 0 Å². The molecule has 0 spiro atoms. The zero-order valence-corrected chi connectivity index (χ0v) is 9.52. The number of hydrogen-bond donors (Lipinski definition) is 0. The number of hydrogen-bond acceptors (Lipinski definition) is 1. The van der Waals surface area contributed by atoms with Crippen LogP contribution in [0.2, 0.25) is 19.1 Å². The molecule has 0 aliphatic heterocycles. The van der Waals surface area contributed by atoms with E-state index in [2.05, 4.69) is 25.4 Å². The topological polar surface area (TPSA) is 17.1 Å². The number of carbonyl (C=O) groups excluding carboxylic acids is 1. The van der Waals surface area contributed by atoms with Crippen LogP contribution < -0.4 is 0 Å². The maximum absolute atomic E-state index is 11.2. The van der Waals surface area contributed by atoms with Gasteiger partial charge >= 0.3 is 0 Å². The molecule has 70 valence electrons. The molecule has 0 amide bonds. The molecular formula is C10H20OSi. The summed E-state index contributed by atoms with van der Waals surface area (Å²) >= 11 is 0. The number of rotatable bonds is 6. The van der Waals surface area contributed by atoms with Gasteiger partial charge in [-0.25, -0.2) is 0 Å². The Balaban J connectivity index is 3.67. The highest BCUT2D eigenvalue weighted by molar-refractivity contribution is 6.82. The summed E-state index contributed by atoms with van der Waals surface area (Å²) in [5, 5.41) is 0. The van der Waals surface area contributed by atoms with Crippen molar-refractivity contribution in [2.45, 2.75) is 45.3 Å². The van der Waals surface area contributed by atoms with Crippen LogP contribution in [0.5, 0.6) is 0 Å². The average Bonchev–Trinajstić information content (AvgIpc) is 2.02. The first-order chi connectivity index (χ1) is 5.52. The van der Waals surface area contributed by atoms with Crippen molar-refractivity contribution < 1.29 is 4.79 Å². The van der Waals surface area contributed by atoms with Crippen LogP contribution in [0.25, 0.3) is 0 Å². The fourth-order valence-electron chi connectivity index (χ4n) is 0.967. The molecule has 12 heavy (non-hydrogen) atoms. The van der Waals surface area contributed by atoms with Gasteiger partial charge in [-0.1, -0.05) is 20.0 Å². The predicted octanol–water partition coefficient (Wildman–Crippen LogP) is 3.18. The Hall–Kier alpha value is -0.373. The van der Waals surface area contributed by atoms with Crippen molar-refractivity contribution in [1.82, 2.24) is 0 Å². The third-order valence-electron chi connectivity index (χ3n) is 2.13. The van der Waals surface area contributed by atoms with E-state index in [0.29, 0.717) is 5.78 Å². The van der Waals surface area contributed by atoms with E-state index in [1.54, 1.807) is 0 Å². The first-order valence-corrected chi connectivity index (χ1v) is 7.95. The summed E-state index contributed by atoms with van der Waals surface area (Å²) in [4.78, 5) is 11.2. The third-order valence-corrected chi connectivity index (χ3v) is 4.77. The second-order valence-corrected chi connectivity index (χ2v) is 8.87. The summed E-state index contributed by atoms with van der Waals surface area (Å²) in [6.07, 6.45) is 2.50. The van der Waals surface area contributed by atoms with Crippen molar-refractivity contribution in [2.24, 2.45) is 0 Å². The summed E-state index contributed by atoms with van der Waals surface area (Å²) in [6, 6.07) is 1.06. The normalized spacial score (nSPS) is 11.2. The van der Waals surface area contributed by atoms with Gasteiger partial charge in [0.1, 0.15) is 5.78 Å². The standard InChI is InChI=1S/C10H20OSi/c1-5-7-10(11)8-9-12(3,4)6-2/h6H,2,5,7-9H2,1,3-4H3. The molecule has 2 heteroatoms. The zero-order chi connectivity index (χ0) is 9.61. The van der Waals surface area contributed by atoms with Gasteiger partial charge < -0.3 is 0 Å². The lowest BCUT2D eigenvalue weighted by molar-refractivity contribution is -0.118. The third kappa shape index (κ3) is 5.30. The van der Waals surface area contributed by atoms with Gasteiger partial charge in [-0.05, 0) is 12.5 Å². The van der Waals surface area contributed by atoms with Crippen LogP contribution in [0.15, 0.2) is 12.3 Å². The molecule has 0 atom stereocenters. The number of ketones is 1. The second-order valence-electron chi connectivity index (χ2n) is 3.98. The van der Waals surface area contributed by atoms with Gasteiger partial charge in [0.2, 0.25) is 0 Å². The minimum absolute atomic E-state index is 0.417. The van der Waals surface area contributed by atoms with Crippen LogP contribution in [0, 0.1) is 0 Å².